The zero-order valence-corrected chi connectivity index (χ0v) is 9.37. The smallest absolute Gasteiger partial charge is 0.0794 e. The Balaban J connectivity index is 2.00. The first-order valence-electron chi connectivity index (χ1n) is 4.59. The van der Waals surface area contributed by atoms with Gasteiger partial charge in [-0.25, -0.2) is 0 Å². The number of nitrogens with two attached hydrogens (primary N) is 1. The van der Waals surface area contributed by atoms with Gasteiger partial charge < -0.3 is 10.8 Å². The van der Waals surface area contributed by atoms with Crippen molar-refractivity contribution in [1.82, 2.24) is 4.90 Å². The van der Waals surface area contributed by atoms with Gasteiger partial charge in [0.2, 0.25) is 0 Å². The summed E-state index contributed by atoms with van der Waals surface area (Å²) >= 11 is 3.36. The second-order valence-electron chi connectivity index (χ2n) is 3.70. The molecule has 0 amide bonds. The fraction of sp³-hybridized carbons (Fsp3) is 0.400. The zero-order valence-electron chi connectivity index (χ0n) is 7.78. The Morgan fingerprint density at radius 2 is 2.21 bits per heavy atom. The lowest BCUT2D eigenvalue weighted by Gasteiger charge is -2.35. The summed E-state index contributed by atoms with van der Waals surface area (Å²) in [4.78, 5) is 2.19. The van der Waals surface area contributed by atoms with Crippen LogP contribution in [0.2, 0.25) is 0 Å². The molecule has 0 radical (unpaired) electrons. The van der Waals surface area contributed by atoms with Gasteiger partial charge in [0.15, 0.2) is 0 Å². The second-order valence-corrected chi connectivity index (χ2v) is 4.56. The summed E-state index contributed by atoms with van der Waals surface area (Å²) in [5.41, 5.74) is 7.73. The first kappa shape index (κ1) is 9.96. The predicted molar refractivity (Wildman–Crippen MR) is 59.8 cm³/mol. The predicted octanol–water partition coefficient (Wildman–Crippen LogP) is 1.21. The molecule has 2 rings (SSSR count). The van der Waals surface area contributed by atoms with Gasteiger partial charge in [-0.3, -0.25) is 4.90 Å². The van der Waals surface area contributed by atoms with Crippen molar-refractivity contribution in [3.05, 3.63) is 28.2 Å². The summed E-state index contributed by atoms with van der Waals surface area (Å²) in [5.74, 6) is 0. The van der Waals surface area contributed by atoms with E-state index in [0.717, 1.165) is 29.8 Å². The van der Waals surface area contributed by atoms with Crippen LogP contribution in [0.5, 0.6) is 0 Å². The largest absolute Gasteiger partial charge is 0.398 e. The van der Waals surface area contributed by atoms with Crippen molar-refractivity contribution in [2.24, 2.45) is 0 Å². The van der Waals surface area contributed by atoms with Gasteiger partial charge in [0.05, 0.1) is 6.10 Å². The van der Waals surface area contributed by atoms with E-state index in [1.807, 2.05) is 18.2 Å². The molecule has 1 aliphatic heterocycles. The molecule has 0 aromatic heterocycles. The number of nitrogen functional groups attached to an aromatic ring is 1. The maximum Gasteiger partial charge on any atom is 0.0794 e. The van der Waals surface area contributed by atoms with E-state index in [0.29, 0.717) is 0 Å². The van der Waals surface area contributed by atoms with Crippen molar-refractivity contribution in [2.75, 3.05) is 18.8 Å². The number of aliphatic hydroxyl groups is 1. The third-order valence-corrected chi connectivity index (χ3v) is 3.13. The normalized spacial score (nSPS) is 18.1. The Morgan fingerprint density at radius 1 is 1.50 bits per heavy atom. The number of β-amino-alcohol motifs (C(OH)–C–C–N with tert-alkyl or cyclic N) is 1. The maximum atomic E-state index is 9.12. The molecule has 14 heavy (non-hydrogen) atoms. The topological polar surface area (TPSA) is 49.5 Å². The molecule has 1 aromatic rings. The maximum absolute atomic E-state index is 9.12. The minimum atomic E-state index is -0.136. The highest BCUT2D eigenvalue weighted by molar-refractivity contribution is 9.10. The van der Waals surface area contributed by atoms with Gasteiger partial charge in [-0.15, -0.1) is 0 Å². The van der Waals surface area contributed by atoms with Crippen LogP contribution in [0.3, 0.4) is 0 Å². The summed E-state index contributed by atoms with van der Waals surface area (Å²) in [6.45, 7) is 2.42. The van der Waals surface area contributed by atoms with Gasteiger partial charge >= 0.3 is 0 Å². The number of hydrogen-bond donors (Lipinski definition) is 2. The van der Waals surface area contributed by atoms with Crippen molar-refractivity contribution in [3.63, 3.8) is 0 Å². The van der Waals surface area contributed by atoms with Crippen LogP contribution in [-0.2, 0) is 6.54 Å². The molecule has 1 aliphatic rings. The molecular formula is C10H13BrN2O. The Bertz CT molecular complexity index is 337. The van der Waals surface area contributed by atoms with Crippen molar-refractivity contribution in [1.29, 1.82) is 0 Å². The van der Waals surface area contributed by atoms with Gasteiger partial charge in [-0.1, -0.05) is 6.07 Å². The summed E-state index contributed by atoms with van der Waals surface area (Å²) in [5, 5.41) is 9.12. The molecule has 1 fully saturated rings. The average molecular weight is 257 g/mol. The Hall–Kier alpha value is -0.580. The van der Waals surface area contributed by atoms with Crippen LogP contribution >= 0.6 is 15.9 Å². The molecule has 0 saturated carbocycles. The third kappa shape index (κ3) is 2.08. The molecule has 1 heterocycles. The highest BCUT2D eigenvalue weighted by Crippen LogP contribution is 2.22. The SMILES string of the molecule is Nc1cc(CN2CC(O)C2)ccc1Br. The van der Waals surface area contributed by atoms with Crippen LogP contribution in [0.15, 0.2) is 22.7 Å². The summed E-state index contributed by atoms with van der Waals surface area (Å²) in [7, 11) is 0. The van der Waals surface area contributed by atoms with Gasteiger partial charge in [0, 0.05) is 29.8 Å². The molecule has 0 bridgehead atoms. The highest BCUT2D eigenvalue weighted by Gasteiger charge is 2.23. The van der Waals surface area contributed by atoms with Crippen LogP contribution < -0.4 is 5.73 Å². The van der Waals surface area contributed by atoms with Gasteiger partial charge in [0.25, 0.3) is 0 Å². The monoisotopic (exact) mass is 256 g/mol. The highest BCUT2D eigenvalue weighted by atomic mass is 79.9. The molecule has 3 N–H and O–H groups in total. The van der Waals surface area contributed by atoms with E-state index in [-0.39, 0.29) is 6.10 Å². The molecule has 0 atom stereocenters. The van der Waals surface area contributed by atoms with Crippen molar-refractivity contribution in [3.8, 4) is 0 Å². The van der Waals surface area contributed by atoms with Crippen LogP contribution in [0.1, 0.15) is 5.56 Å². The number of rotatable bonds is 2. The van der Waals surface area contributed by atoms with Crippen LogP contribution in [0, 0.1) is 0 Å². The van der Waals surface area contributed by atoms with E-state index in [2.05, 4.69) is 20.8 Å². The molecular weight excluding hydrogens is 244 g/mol. The van der Waals surface area contributed by atoms with Crippen LogP contribution in [0.25, 0.3) is 0 Å². The average Bonchev–Trinajstić information content (AvgIpc) is 2.09. The fourth-order valence-electron chi connectivity index (χ4n) is 1.62. The quantitative estimate of drug-likeness (QED) is 0.783. The van der Waals surface area contributed by atoms with E-state index < -0.39 is 0 Å². The van der Waals surface area contributed by atoms with E-state index in [1.54, 1.807) is 0 Å². The van der Waals surface area contributed by atoms with Crippen molar-refractivity contribution >= 4 is 21.6 Å². The number of nitrogens with zero attached hydrogens (tertiary/aromatic N) is 1. The number of aliphatic hydroxyl groups excluding tert-OH is 1. The standard InChI is InChI=1S/C10H13BrN2O/c11-9-2-1-7(3-10(9)12)4-13-5-8(14)6-13/h1-3,8,14H,4-6,12H2. The number of halogens is 1. The van der Waals surface area contributed by atoms with Crippen molar-refractivity contribution in [2.45, 2.75) is 12.6 Å². The van der Waals surface area contributed by atoms with Crippen LogP contribution in [-0.4, -0.2) is 29.2 Å². The summed E-state index contributed by atoms with van der Waals surface area (Å²) < 4.78 is 0.935. The first-order chi connectivity index (χ1) is 6.65. The Morgan fingerprint density at radius 3 is 2.79 bits per heavy atom. The van der Waals surface area contributed by atoms with Gasteiger partial charge in [-0.05, 0) is 33.6 Å². The van der Waals surface area contributed by atoms with Gasteiger partial charge in [-0.2, -0.15) is 0 Å². The molecule has 3 nitrogen and oxygen atoms in total. The molecule has 1 aromatic carbocycles. The summed E-state index contributed by atoms with van der Waals surface area (Å²) in [6, 6.07) is 5.97. The molecule has 1 saturated heterocycles. The molecule has 76 valence electrons. The van der Waals surface area contributed by atoms with E-state index >= 15 is 0 Å². The lowest BCUT2D eigenvalue weighted by atomic mass is 10.1. The summed E-state index contributed by atoms with van der Waals surface area (Å²) in [6.07, 6.45) is -0.136. The van der Waals surface area contributed by atoms with Crippen molar-refractivity contribution < 1.29 is 5.11 Å². The molecule has 0 aliphatic carbocycles. The van der Waals surface area contributed by atoms with Gasteiger partial charge in [0.1, 0.15) is 0 Å². The first-order valence-corrected chi connectivity index (χ1v) is 5.39. The molecule has 0 spiro atoms. The third-order valence-electron chi connectivity index (χ3n) is 2.40. The number of anilines is 1. The number of likely N-dealkylation sites (tertiary alicyclic amines) is 1. The number of hydrogen-bond acceptors (Lipinski definition) is 3. The van der Waals surface area contributed by atoms with E-state index in [1.165, 1.54) is 5.56 Å². The zero-order chi connectivity index (χ0) is 10.1. The minimum absolute atomic E-state index is 0.136. The van der Waals surface area contributed by atoms with E-state index in [4.69, 9.17) is 10.8 Å². The Kier molecular flexibility index (Phi) is 2.76. The van der Waals surface area contributed by atoms with E-state index in [9.17, 15) is 0 Å². The Labute approximate surface area is 91.6 Å². The van der Waals surface area contributed by atoms with Crippen LogP contribution in [0.4, 0.5) is 5.69 Å². The lowest BCUT2D eigenvalue weighted by molar-refractivity contribution is -0.00285. The number of benzene rings is 1. The molecule has 4 heteroatoms. The minimum Gasteiger partial charge on any atom is -0.398 e. The lowest BCUT2D eigenvalue weighted by Crippen LogP contribution is -2.49. The molecule has 0 unspecified atom stereocenters. The fourth-order valence-corrected chi connectivity index (χ4v) is 1.87. The second kappa shape index (κ2) is 3.88.